The van der Waals surface area contributed by atoms with Gasteiger partial charge in [0.2, 0.25) is 11.8 Å². The van der Waals surface area contributed by atoms with Crippen molar-refractivity contribution in [2.45, 2.75) is 39.8 Å². The summed E-state index contributed by atoms with van der Waals surface area (Å²) < 4.78 is 0. The van der Waals surface area contributed by atoms with Crippen LogP contribution in [0.3, 0.4) is 0 Å². The minimum atomic E-state index is -0.809. The molecule has 2 aromatic rings. The van der Waals surface area contributed by atoms with Crippen molar-refractivity contribution in [2.75, 3.05) is 0 Å². The van der Waals surface area contributed by atoms with Crippen LogP contribution in [0.4, 0.5) is 0 Å². The fraction of sp³-hybridized carbons (Fsp3) is 0.333. The first-order chi connectivity index (χ1) is 11.8. The minimum absolute atomic E-state index is 0.105. The molecule has 0 spiro atoms. The van der Waals surface area contributed by atoms with Crippen LogP contribution in [0.15, 0.2) is 60.7 Å². The van der Waals surface area contributed by atoms with Gasteiger partial charge in [0.05, 0.1) is 17.5 Å². The summed E-state index contributed by atoms with van der Waals surface area (Å²) in [5, 5.41) is 6.00. The summed E-state index contributed by atoms with van der Waals surface area (Å²) in [5.41, 5.74) is 1.14. The average Bonchev–Trinajstić information content (AvgIpc) is 2.60. The van der Waals surface area contributed by atoms with Crippen molar-refractivity contribution in [3.8, 4) is 0 Å². The van der Waals surface area contributed by atoms with E-state index in [-0.39, 0.29) is 17.9 Å². The van der Waals surface area contributed by atoms with E-state index in [9.17, 15) is 9.59 Å². The topological polar surface area (TPSA) is 58.2 Å². The van der Waals surface area contributed by atoms with Crippen LogP contribution in [0.2, 0.25) is 0 Å². The smallest absolute Gasteiger partial charge is 0.228 e. The predicted octanol–water partition coefficient (Wildman–Crippen LogP) is 3.77. The summed E-state index contributed by atoms with van der Waals surface area (Å²) >= 11 is 0. The second-order valence-electron chi connectivity index (χ2n) is 6.87. The standard InChI is InChI=1S/C21H26N2O2/c1-15(17-11-7-5-8-12-17)22-20(25)21(3,4)19(23-16(2)24)18-13-9-6-10-14-18/h5-15,19H,1-4H3,(H,22,25)(H,23,24)/t15-,19?/m1/s1. The monoisotopic (exact) mass is 338 g/mol. The summed E-state index contributed by atoms with van der Waals surface area (Å²) in [4.78, 5) is 24.7. The van der Waals surface area contributed by atoms with Crippen molar-refractivity contribution in [3.63, 3.8) is 0 Å². The molecule has 0 fully saturated rings. The van der Waals surface area contributed by atoms with Gasteiger partial charge in [-0.15, -0.1) is 0 Å². The Bertz CT molecular complexity index is 711. The van der Waals surface area contributed by atoms with Gasteiger partial charge in [-0.3, -0.25) is 9.59 Å². The fourth-order valence-electron chi connectivity index (χ4n) is 2.87. The van der Waals surface area contributed by atoms with E-state index in [1.54, 1.807) is 0 Å². The fourth-order valence-corrected chi connectivity index (χ4v) is 2.87. The molecule has 2 amide bonds. The second kappa shape index (κ2) is 7.97. The van der Waals surface area contributed by atoms with Crippen LogP contribution >= 0.6 is 0 Å². The molecule has 0 aliphatic carbocycles. The molecule has 4 heteroatoms. The maximum absolute atomic E-state index is 13.0. The van der Waals surface area contributed by atoms with E-state index >= 15 is 0 Å². The number of rotatable bonds is 6. The maximum atomic E-state index is 13.0. The van der Waals surface area contributed by atoms with Gasteiger partial charge in [0, 0.05) is 6.92 Å². The van der Waals surface area contributed by atoms with E-state index in [0.717, 1.165) is 11.1 Å². The molecular formula is C21H26N2O2. The molecule has 0 saturated carbocycles. The SMILES string of the molecule is CC(=O)NC(c1ccccc1)C(C)(C)C(=O)N[C@H](C)c1ccccc1. The molecule has 0 saturated heterocycles. The van der Waals surface area contributed by atoms with E-state index in [4.69, 9.17) is 0 Å². The number of hydrogen-bond acceptors (Lipinski definition) is 2. The van der Waals surface area contributed by atoms with Gasteiger partial charge in [0.25, 0.3) is 0 Å². The largest absolute Gasteiger partial charge is 0.349 e. The van der Waals surface area contributed by atoms with Gasteiger partial charge in [-0.25, -0.2) is 0 Å². The van der Waals surface area contributed by atoms with Crippen LogP contribution in [-0.4, -0.2) is 11.8 Å². The van der Waals surface area contributed by atoms with Crippen LogP contribution in [0.5, 0.6) is 0 Å². The van der Waals surface area contributed by atoms with Crippen molar-refractivity contribution in [3.05, 3.63) is 71.8 Å². The van der Waals surface area contributed by atoms with Crippen LogP contribution in [0.25, 0.3) is 0 Å². The van der Waals surface area contributed by atoms with Gasteiger partial charge >= 0.3 is 0 Å². The molecule has 4 nitrogen and oxygen atoms in total. The number of benzene rings is 2. The summed E-state index contributed by atoms with van der Waals surface area (Å²) in [6, 6.07) is 18.9. The van der Waals surface area contributed by atoms with Gasteiger partial charge in [-0.1, -0.05) is 60.7 Å². The maximum Gasteiger partial charge on any atom is 0.228 e. The zero-order chi connectivity index (χ0) is 18.4. The first-order valence-corrected chi connectivity index (χ1v) is 8.50. The summed E-state index contributed by atoms with van der Waals surface area (Å²) in [6.45, 7) is 7.14. The molecule has 1 unspecified atom stereocenters. The molecule has 132 valence electrons. The number of nitrogens with one attached hydrogen (secondary N) is 2. The van der Waals surface area contributed by atoms with Gasteiger partial charge in [0.1, 0.15) is 0 Å². The number of amides is 2. The molecule has 2 N–H and O–H groups in total. The molecule has 25 heavy (non-hydrogen) atoms. The van der Waals surface area contributed by atoms with Gasteiger partial charge < -0.3 is 10.6 Å². The van der Waals surface area contributed by atoms with Crippen LogP contribution in [0.1, 0.15) is 50.9 Å². The van der Waals surface area contributed by atoms with E-state index in [2.05, 4.69) is 10.6 Å². The predicted molar refractivity (Wildman–Crippen MR) is 99.8 cm³/mol. The Morgan fingerprint density at radius 1 is 0.840 bits per heavy atom. The van der Waals surface area contributed by atoms with Crippen LogP contribution < -0.4 is 10.6 Å². The highest BCUT2D eigenvalue weighted by Crippen LogP contribution is 2.34. The molecule has 2 rings (SSSR count). The molecule has 0 aliphatic heterocycles. The van der Waals surface area contributed by atoms with E-state index in [1.807, 2.05) is 81.4 Å². The molecule has 0 radical (unpaired) electrons. The van der Waals surface area contributed by atoms with Crippen molar-refractivity contribution in [1.29, 1.82) is 0 Å². The quantitative estimate of drug-likeness (QED) is 0.842. The third-order valence-corrected chi connectivity index (χ3v) is 4.43. The Hall–Kier alpha value is -2.62. The molecule has 0 bridgehead atoms. The highest BCUT2D eigenvalue weighted by molar-refractivity contribution is 5.84. The normalized spacial score (nSPS) is 13.6. The Labute approximate surface area is 149 Å². The van der Waals surface area contributed by atoms with Crippen LogP contribution in [-0.2, 0) is 9.59 Å². The third-order valence-electron chi connectivity index (χ3n) is 4.43. The number of hydrogen-bond donors (Lipinski definition) is 2. The number of carbonyl (C=O) groups excluding carboxylic acids is 2. The molecule has 0 aliphatic rings. The van der Waals surface area contributed by atoms with Gasteiger partial charge in [-0.05, 0) is 31.9 Å². The Balaban J connectivity index is 2.23. The summed E-state index contributed by atoms with van der Waals surface area (Å²) in [5.74, 6) is -0.266. The lowest BCUT2D eigenvalue weighted by atomic mass is 9.79. The lowest BCUT2D eigenvalue weighted by Crippen LogP contribution is -2.47. The minimum Gasteiger partial charge on any atom is -0.349 e. The lowest BCUT2D eigenvalue weighted by molar-refractivity contribution is -0.132. The highest BCUT2D eigenvalue weighted by Gasteiger charge is 2.38. The first-order valence-electron chi connectivity index (χ1n) is 8.50. The Morgan fingerprint density at radius 3 is 1.80 bits per heavy atom. The summed E-state index contributed by atoms with van der Waals surface area (Å²) in [7, 11) is 0. The molecular weight excluding hydrogens is 312 g/mol. The number of carbonyl (C=O) groups is 2. The Kier molecular flexibility index (Phi) is 5.97. The molecule has 2 aromatic carbocycles. The van der Waals surface area contributed by atoms with Gasteiger partial charge in [0.15, 0.2) is 0 Å². The first kappa shape index (κ1) is 18.7. The summed E-state index contributed by atoms with van der Waals surface area (Å²) in [6.07, 6.45) is 0. The highest BCUT2D eigenvalue weighted by atomic mass is 16.2. The molecule has 2 atom stereocenters. The average molecular weight is 338 g/mol. The zero-order valence-corrected chi connectivity index (χ0v) is 15.2. The van der Waals surface area contributed by atoms with Crippen molar-refractivity contribution in [1.82, 2.24) is 10.6 Å². The van der Waals surface area contributed by atoms with E-state index < -0.39 is 11.5 Å². The van der Waals surface area contributed by atoms with Gasteiger partial charge in [-0.2, -0.15) is 0 Å². The van der Waals surface area contributed by atoms with E-state index in [1.165, 1.54) is 6.92 Å². The Morgan fingerprint density at radius 2 is 1.32 bits per heavy atom. The van der Waals surface area contributed by atoms with Crippen LogP contribution in [0, 0.1) is 5.41 Å². The van der Waals surface area contributed by atoms with Crippen molar-refractivity contribution in [2.24, 2.45) is 5.41 Å². The zero-order valence-electron chi connectivity index (χ0n) is 15.2. The third kappa shape index (κ3) is 4.69. The second-order valence-corrected chi connectivity index (χ2v) is 6.87. The lowest BCUT2D eigenvalue weighted by Gasteiger charge is -2.35. The van der Waals surface area contributed by atoms with E-state index in [0.29, 0.717) is 0 Å². The molecule has 0 heterocycles. The van der Waals surface area contributed by atoms with Crippen molar-refractivity contribution < 1.29 is 9.59 Å². The molecule has 0 aromatic heterocycles. The van der Waals surface area contributed by atoms with Crippen molar-refractivity contribution >= 4 is 11.8 Å².